The number of fused-ring (bicyclic) bond motifs is 1. The molecular weight excluding hydrogens is 354 g/mol. The molecule has 1 aromatic heterocycles. The fraction of sp³-hybridized carbons (Fsp3) is 0.273. The van der Waals surface area contributed by atoms with Crippen LogP contribution in [0.3, 0.4) is 0 Å². The Morgan fingerprint density at radius 1 is 1.21 bits per heavy atom. The fourth-order valence-electron chi connectivity index (χ4n) is 3.61. The van der Waals surface area contributed by atoms with Crippen LogP contribution in [0.4, 0.5) is 10.5 Å². The molecule has 2 aromatic carbocycles. The van der Waals surface area contributed by atoms with Crippen molar-refractivity contribution in [1.29, 1.82) is 0 Å². The minimum atomic E-state index is -0.969. The SMILES string of the molecule is O=C(O)NC1CCCN(c2cnc3ccc(OCc4ccccc4)cc3c2)C1. The van der Waals surface area contributed by atoms with Crippen molar-refractivity contribution in [2.24, 2.45) is 0 Å². The van der Waals surface area contributed by atoms with Gasteiger partial charge < -0.3 is 20.1 Å². The number of benzene rings is 2. The van der Waals surface area contributed by atoms with Gasteiger partial charge >= 0.3 is 6.09 Å². The Bertz CT molecular complexity index is 962. The molecule has 3 aromatic rings. The minimum absolute atomic E-state index is 0.0533. The van der Waals surface area contributed by atoms with Gasteiger partial charge in [-0.05, 0) is 42.7 Å². The molecule has 1 saturated heterocycles. The van der Waals surface area contributed by atoms with Crippen LogP contribution < -0.4 is 15.0 Å². The second-order valence-electron chi connectivity index (χ2n) is 7.06. The summed E-state index contributed by atoms with van der Waals surface area (Å²) in [6.45, 7) is 2.08. The monoisotopic (exact) mass is 377 g/mol. The van der Waals surface area contributed by atoms with Gasteiger partial charge in [-0.3, -0.25) is 4.98 Å². The predicted octanol–water partition coefficient (Wildman–Crippen LogP) is 4.05. The van der Waals surface area contributed by atoms with Gasteiger partial charge in [0.1, 0.15) is 12.4 Å². The number of amides is 1. The van der Waals surface area contributed by atoms with Crippen molar-refractivity contribution < 1.29 is 14.6 Å². The van der Waals surface area contributed by atoms with Crippen LogP contribution in [0.15, 0.2) is 60.8 Å². The normalized spacial score (nSPS) is 16.7. The molecular formula is C22H23N3O3. The number of nitrogens with zero attached hydrogens (tertiary/aromatic N) is 2. The zero-order valence-corrected chi connectivity index (χ0v) is 15.5. The minimum Gasteiger partial charge on any atom is -0.489 e. The molecule has 0 aliphatic carbocycles. The summed E-state index contributed by atoms with van der Waals surface area (Å²) in [5.74, 6) is 0.805. The maximum Gasteiger partial charge on any atom is 0.404 e. The van der Waals surface area contributed by atoms with Crippen LogP contribution in [-0.4, -0.2) is 35.3 Å². The topological polar surface area (TPSA) is 74.7 Å². The van der Waals surface area contributed by atoms with Gasteiger partial charge in [0.2, 0.25) is 0 Å². The molecule has 0 bridgehead atoms. The van der Waals surface area contributed by atoms with E-state index >= 15 is 0 Å². The summed E-state index contributed by atoms with van der Waals surface area (Å²) in [6, 6.07) is 18.0. The molecule has 0 radical (unpaired) electrons. The summed E-state index contributed by atoms with van der Waals surface area (Å²) in [5, 5.41) is 12.6. The smallest absolute Gasteiger partial charge is 0.404 e. The number of pyridine rings is 1. The number of nitrogens with one attached hydrogen (secondary N) is 1. The van der Waals surface area contributed by atoms with Gasteiger partial charge in [0.25, 0.3) is 0 Å². The number of hydrogen-bond acceptors (Lipinski definition) is 4. The van der Waals surface area contributed by atoms with E-state index in [2.05, 4.69) is 21.3 Å². The van der Waals surface area contributed by atoms with Crippen LogP contribution in [0, 0.1) is 0 Å². The Balaban J connectivity index is 1.50. The summed E-state index contributed by atoms with van der Waals surface area (Å²) in [5.41, 5.74) is 3.04. The third kappa shape index (κ3) is 4.34. The molecule has 6 heteroatoms. The molecule has 1 fully saturated rings. The lowest BCUT2D eigenvalue weighted by Gasteiger charge is -2.34. The largest absolute Gasteiger partial charge is 0.489 e. The average molecular weight is 377 g/mol. The van der Waals surface area contributed by atoms with Crippen molar-refractivity contribution in [1.82, 2.24) is 10.3 Å². The highest BCUT2D eigenvalue weighted by molar-refractivity contribution is 5.83. The van der Waals surface area contributed by atoms with Crippen molar-refractivity contribution in [3.05, 3.63) is 66.4 Å². The number of rotatable bonds is 5. The van der Waals surface area contributed by atoms with Crippen molar-refractivity contribution in [2.45, 2.75) is 25.5 Å². The highest BCUT2D eigenvalue weighted by atomic mass is 16.5. The lowest BCUT2D eigenvalue weighted by Crippen LogP contribution is -2.47. The Hall–Kier alpha value is -3.28. The van der Waals surface area contributed by atoms with Crippen LogP contribution >= 0.6 is 0 Å². The van der Waals surface area contributed by atoms with E-state index in [1.165, 1.54) is 0 Å². The van der Waals surface area contributed by atoms with Crippen LogP contribution in [0.2, 0.25) is 0 Å². The zero-order chi connectivity index (χ0) is 19.3. The molecule has 6 nitrogen and oxygen atoms in total. The van der Waals surface area contributed by atoms with E-state index in [4.69, 9.17) is 9.84 Å². The molecule has 1 atom stereocenters. The Kier molecular flexibility index (Phi) is 5.28. The van der Waals surface area contributed by atoms with Gasteiger partial charge in [0.15, 0.2) is 0 Å². The fourth-order valence-corrected chi connectivity index (χ4v) is 3.61. The molecule has 1 aliphatic heterocycles. The molecule has 28 heavy (non-hydrogen) atoms. The standard InChI is InChI=1S/C22H23N3O3/c26-22(27)24-18-7-4-10-25(14-18)19-11-17-12-20(8-9-21(17)23-13-19)28-15-16-5-2-1-3-6-16/h1-3,5-6,8-9,11-13,18,24H,4,7,10,14-15H2,(H,26,27). The van der Waals surface area contributed by atoms with Crippen molar-refractivity contribution in [3.63, 3.8) is 0 Å². The summed E-state index contributed by atoms with van der Waals surface area (Å²) in [6.07, 6.45) is 2.70. The van der Waals surface area contributed by atoms with Gasteiger partial charge in [0.05, 0.1) is 17.4 Å². The number of anilines is 1. The average Bonchev–Trinajstić information content (AvgIpc) is 2.72. The van der Waals surface area contributed by atoms with E-state index in [0.717, 1.165) is 47.3 Å². The number of ether oxygens (including phenoxy) is 1. The summed E-state index contributed by atoms with van der Waals surface area (Å²) in [7, 11) is 0. The Labute approximate surface area is 163 Å². The number of carboxylic acid groups (broad SMARTS) is 1. The highest BCUT2D eigenvalue weighted by Crippen LogP contribution is 2.26. The summed E-state index contributed by atoms with van der Waals surface area (Å²) >= 11 is 0. The van der Waals surface area contributed by atoms with Crippen LogP contribution in [0.5, 0.6) is 5.75 Å². The summed E-state index contributed by atoms with van der Waals surface area (Å²) in [4.78, 5) is 17.7. The maximum atomic E-state index is 10.9. The Morgan fingerprint density at radius 3 is 2.89 bits per heavy atom. The first-order chi connectivity index (χ1) is 13.7. The van der Waals surface area contributed by atoms with Gasteiger partial charge in [-0.25, -0.2) is 4.79 Å². The van der Waals surface area contributed by atoms with Gasteiger partial charge in [-0.15, -0.1) is 0 Å². The highest BCUT2D eigenvalue weighted by Gasteiger charge is 2.21. The van der Waals surface area contributed by atoms with Gasteiger partial charge in [0, 0.05) is 24.5 Å². The second-order valence-corrected chi connectivity index (χ2v) is 7.06. The lowest BCUT2D eigenvalue weighted by atomic mass is 10.0. The predicted molar refractivity (Wildman–Crippen MR) is 109 cm³/mol. The first-order valence-corrected chi connectivity index (χ1v) is 9.48. The second kappa shape index (κ2) is 8.17. The van der Waals surface area contributed by atoms with E-state index in [-0.39, 0.29) is 6.04 Å². The summed E-state index contributed by atoms with van der Waals surface area (Å²) < 4.78 is 5.93. The quantitative estimate of drug-likeness (QED) is 0.702. The van der Waals surface area contributed by atoms with E-state index < -0.39 is 6.09 Å². The molecule has 144 valence electrons. The lowest BCUT2D eigenvalue weighted by molar-refractivity contribution is 0.188. The molecule has 1 unspecified atom stereocenters. The van der Waals surface area contributed by atoms with Gasteiger partial charge in [-0.2, -0.15) is 0 Å². The number of aromatic nitrogens is 1. The maximum absolute atomic E-state index is 10.9. The third-order valence-corrected chi connectivity index (χ3v) is 5.00. The molecule has 2 N–H and O–H groups in total. The van der Waals surface area contributed by atoms with Crippen molar-refractivity contribution in [3.8, 4) is 5.75 Å². The van der Waals surface area contributed by atoms with Crippen LogP contribution in [-0.2, 0) is 6.61 Å². The van der Waals surface area contributed by atoms with E-state index in [1.807, 2.05) is 54.7 Å². The molecule has 0 saturated carbocycles. The van der Waals surface area contributed by atoms with Crippen LogP contribution in [0.1, 0.15) is 18.4 Å². The van der Waals surface area contributed by atoms with Gasteiger partial charge in [-0.1, -0.05) is 30.3 Å². The molecule has 1 amide bonds. The van der Waals surface area contributed by atoms with E-state index in [1.54, 1.807) is 0 Å². The van der Waals surface area contributed by atoms with E-state index in [9.17, 15) is 4.79 Å². The molecule has 1 aliphatic rings. The number of hydrogen-bond donors (Lipinski definition) is 2. The number of carbonyl (C=O) groups is 1. The van der Waals surface area contributed by atoms with E-state index in [0.29, 0.717) is 13.2 Å². The number of piperidine rings is 1. The van der Waals surface area contributed by atoms with Crippen molar-refractivity contribution in [2.75, 3.05) is 18.0 Å². The third-order valence-electron chi connectivity index (χ3n) is 5.00. The van der Waals surface area contributed by atoms with Crippen molar-refractivity contribution >= 4 is 22.7 Å². The molecule has 0 spiro atoms. The zero-order valence-electron chi connectivity index (χ0n) is 15.5. The first-order valence-electron chi connectivity index (χ1n) is 9.48. The first kappa shape index (κ1) is 18.1. The molecule has 4 rings (SSSR count). The Morgan fingerprint density at radius 2 is 2.07 bits per heavy atom. The molecule has 2 heterocycles. The van der Waals surface area contributed by atoms with Crippen LogP contribution in [0.25, 0.3) is 10.9 Å².